The highest BCUT2D eigenvalue weighted by Crippen LogP contribution is 2.25. The van der Waals surface area contributed by atoms with Crippen LogP contribution in [0.3, 0.4) is 0 Å². The van der Waals surface area contributed by atoms with E-state index in [0.29, 0.717) is 24.6 Å². The van der Waals surface area contributed by atoms with E-state index in [1.165, 1.54) is 19.8 Å². The lowest BCUT2D eigenvalue weighted by Crippen LogP contribution is -2.51. The summed E-state index contributed by atoms with van der Waals surface area (Å²) in [6, 6.07) is 15.1. The molecule has 0 aromatic heterocycles. The Labute approximate surface area is 177 Å². The number of hydrogen-bond donors (Lipinski definition) is 0. The van der Waals surface area contributed by atoms with Gasteiger partial charge in [0.05, 0.1) is 14.2 Å². The van der Waals surface area contributed by atoms with E-state index in [1.54, 1.807) is 30.0 Å². The van der Waals surface area contributed by atoms with Gasteiger partial charge in [0.2, 0.25) is 0 Å². The van der Waals surface area contributed by atoms with E-state index in [0.717, 1.165) is 19.6 Å². The summed E-state index contributed by atoms with van der Waals surface area (Å²) >= 11 is 0. The Bertz CT molecular complexity index is 863. The summed E-state index contributed by atoms with van der Waals surface area (Å²) in [5.74, 6) is 0.127. The third kappa shape index (κ3) is 5.30. The van der Waals surface area contributed by atoms with Crippen LogP contribution in [-0.2, 0) is 16.1 Å². The molecule has 1 aliphatic heterocycles. The minimum atomic E-state index is -0.870. The summed E-state index contributed by atoms with van der Waals surface area (Å²) in [6.07, 6.45) is -0.870. The van der Waals surface area contributed by atoms with Gasteiger partial charge in [-0.05, 0) is 24.6 Å². The lowest BCUT2D eigenvalue weighted by atomic mass is 10.2. The number of esters is 1. The van der Waals surface area contributed by atoms with E-state index in [4.69, 9.17) is 14.2 Å². The van der Waals surface area contributed by atoms with Crippen molar-refractivity contribution in [1.82, 2.24) is 9.80 Å². The topological polar surface area (TPSA) is 68.3 Å². The quantitative estimate of drug-likeness (QED) is 0.651. The molecule has 3 rings (SSSR count). The molecular formula is C23H28N2O5. The summed E-state index contributed by atoms with van der Waals surface area (Å²) < 4.78 is 15.8. The fourth-order valence-electron chi connectivity index (χ4n) is 3.47. The summed E-state index contributed by atoms with van der Waals surface area (Å²) in [7, 11) is 3.00. The molecule has 2 aromatic rings. The van der Waals surface area contributed by atoms with Gasteiger partial charge in [-0.3, -0.25) is 9.69 Å². The maximum Gasteiger partial charge on any atom is 0.342 e. The molecular weight excluding hydrogens is 384 g/mol. The lowest BCUT2D eigenvalue weighted by molar-refractivity contribution is -0.141. The molecule has 0 aliphatic carbocycles. The molecule has 0 spiro atoms. The van der Waals surface area contributed by atoms with E-state index in [1.807, 2.05) is 18.2 Å². The van der Waals surface area contributed by atoms with E-state index in [-0.39, 0.29) is 11.5 Å². The number of rotatable bonds is 7. The van der Waals surface area contributed by atoms with Crippen LogP contribution in [0.15, 0.2) is 48.5 Å². The third-order valence-corrected chi connectivity index (χ3v) is 5.19. The average molecular weight is 412 g/mol. The third-order valence-electron chi connectivity index (χ3n) is 5.19. The highest BCUT2D eigenvalue weighted by Gasteiger charge is 2.28. The molecule has 30 heavy (non-hydrogen) atoms. The zero-order valence-electron chi connectivity index (χ0n) is 17.7. The van der Waals surface area contributed by atoms with Crippen LogP contribution in [0.2, 0.25) is 0 Å². The average Bonchev–Trinajstić information content (AvgIpc) is 2.79. The molecule has 0 saturated carbocycles. The standard InChI is InChI=1S/C23H28N2O5/c1-17(30-23(27)20-10-9-19(28-2)15-21(20)29-3)22(26)25-13-11-24(12-14-25)16-18-7-5-4-6-8-18/h4-10,15,17H,11-14,16H2,1-3H3. The van der Waals surface area contributed by atoms with Gasteiger partial charge in [0, 0.05) is 38.8 Å². The molecule has 1 unspecified atom stereocenters. The zero-order valence-corrected chi connectivity index (χ0v) is 17.7. The SMILES string of the molecule is COc1ccc(C(=O)OC(C)C(=O)N2CCN(Cc3ccccc3)CC2)c(OC)c1. The number of benzene rings is 2. The first kappa shape index (κ1) is 21.6. The summed E-state index contributed by atoms with van der Waals surface area (Å²) in [6.45, 7) is 5.26. The highest BCUT2D eigenvalue weighted by molar-refractivity contribution is 5.95. The van der Waals surface area contributed by atoms with E-state index >= 15 is 0 Å². The normalized spacial score (nSPS) is 15.4. The fraction of sp³-hybridized carbons (Fsp3) is 0.391. The van der Waals surface area contributed by atoms with Crippen LogP contribution in [0.25, 0.3) is 0 Å². The molecule has 160 valence electrons. The Kier molecular flexibility index (Phi) is 7.30. The number of methoxy groups -OCH3 is 2. The van der Waals surface area contributed by atoms with Crippen LogP contribution in [0.4, 0.5) is 0 Å². The van der Waals surface area contributed by atoms with Crippen LogP contribution in [0, 0.1) is 0 Å². The monoisotopic (exact) mass is 412 g/mol. The van der Waals surface area contributed by atoms with Gasteiger partial charge in [-0.1, -0.05) is 30.3 Å². The van der Waals surface area contributed by atoms with Gasteiger partial charge >= 0.3 is 5.97 Å². The number of nitrogens with zero attached hydrogens (tertiary/aromatic N) is 2. The largest absolute Gasteiger partial charge is 0.497 e. The molecule has 7 heteroatoms. The van der Waals surface area contributed by atoms with E-state index in [9.17, 15) is 9.59 Å². The molecule has 7 nitrogen and oxygen atoms in total. The van der Waals surface area contributed by atoms with Crippen molar-refractivity contribution in [2.24, 2.45) is 0 Å². The first-order valence-corrected chi connectivity index (χ1v) is 10.00. The summed E-state index contributed by atoms with van der Waals surface area (Å²) in [5, 5.41) is 0. The predicted octanol–water partition coefficient (Wildman–Crippen LogP) is 2.59. The van der Waals surface area contributed by atoms with Gasteiger partial charge < -0.3 is 19.1 Å². The van der Waals surface area contributed by atoms with Crippen LogP contribution < -0.4 is 9.47 Å². The van der Waals surface area contributed by atoms with Gasteiger partial charge in [-0.15, -0.1) is 0 Å². The van der Waals surface area contributed by atoms with Crippen LogP contribution in [-0.4, -0.2) is 68.2 Å². The first-order valence-electron chi connectivity index (χ1n) is 10.00. The van der Waals surface area contributed by atoms with Crippen molar-refractivity contribution < 1.29 is 23.8 Å². The number of piperazine rings is 1. The second kappa shape index (κ2) is 10.1. The Morgan fingerprint density at radius 3 is 2.30 bits per heavy atom. The van der Waals surface area contributed by atoms with Crippen molar-refractivity contribution in [3.63, 3.8) is 0 Å². The predicted molar refractivity (Wildman–Crippen MR) is 113 cm³/mol. The van der Waals surface area contributed by atoms with E-state index in [2.05, 4.69) is 17.0 Å². The minimum Gasteiger partial charge on any atom is -0.497 e. The van der Waals surface area contributed by atoms with Crippen LogP contribution in [0.5, 0.6) is 11.5 Å². The van der Waals surface area contributed by atoms with Crippen molar-refractivity contribution in [1.29, 1.82) is 0 Å². The molecule has 1 aliphatic rings. The molecule has 2 aromatic carbocycles. The molecule has 1 heterocycles. The fourth-order valence-corrected chi connectivity index (χ4v) is 3.47. The number of carbonyl (C=O) groups excluding carboxylic acids is 2. The number of carbonyl (C=O) groups is 2. The highest BCUT2D eigenvalue weighted by atomic mass is 16.5. The molecule has 0 N–H and O–H groups in total. The van der Waals surface area contributed by atoms with Crippen molar-refractivity contribution in [3.8, 4) is 11.5 Å². The van der Waals surface area contributed by atoms with Crippen molar-refractivity contribution in [2.45, 2.75) is 19.6 Å². The maximum atomic E-state index is 12.8. The number of hydrogen-bond acceptors (Lipinski definition) is 6. The minimum absolute atomic E-state index is 0.185. The molecule has 1 amide bonds. The van der Waals surface area contributed by atoms with Gasteiger partial charge in [-0.2, -0.15) is 0 Å². The van der Waals surface area contributed by atoms with Gasteiger partial charge in [-0.25, -0.2) is 4.79 Å². The first-order chi connectivity index (χ1) is 14.5. The Morgan fingerprint density at radius 2 is 1.67 bits per heavy atom. The van der Waals surface area contributed by atoms with Gasteiger partial charge in [0.1, 0.15) is 17.1 Å². The van der Waals surface area contributed by atoms with Crippen molar-refractivity contribution in [2.75, 3.05) is 40.4 Å². The number of ether oxygens (including phenoxy) is 3. The van der Waals surface area contributed by atoms with E-state index < -0.39 is 12.1 Å². The van der Waals surface area contributed by atoms with Crippen LogP contribution >= 0.6 is 0 Å². The summed E-state index contributed by atoms with van der Waals surface area (Å²) in [4.78, 5) is 29.4. The molecule has 1 fully saturated rings. The molecule has 0 radical (unpaired) electrons. The Morgan fingerprint density at radius 1 is 0.967 bits per heavy atom. The molecule has 1 atom stereocenters. The number of amides is 1. The van der Waals surface area contributed by atoms with Crippen LogP contribution in [0.1, 0.15) is 22.8 Å². The second-order valence-corrected chi connectivity index (χ2v) is 7.20. The smallest absolute Gasteiger partial charge is 0.342 e. The van der Waals surface area contributed by atoms with Gasteiger partial charge in [0.15, 0.2) is 6.10 Å². The maximum absolute atomic E-state index is 12.8. The molecule has 1 saturated heterocycles. The lowest BCUT2D eigenvalue weighted by Gasteiger charge is -2.35. The molecule has 0 bridgehead atoms. The Hall–Kier alpha value is -3.06. The van der Waals surface area contributed by atoms with Gasteiger partial charge in [0.25, 0.3) is 5.91 Å². The zero-order chi connectivity index (χ0) is 21.5. The Balaban J connectivity index is 1.53. The van der Waals surface area contributed by atoms with Crippen molar-refractivity contribution >= 4 is 11.9 Å². The second-order valence-electron chi connectivity index (χ2n) is 7.20. The van der Waals surface area contributed by atoms with Crippen molar-refractivity contribution in [3.05, 3.63) is 59.7 Å². The summed E-state index contributed by atoms with van der Waals surface area (Å²) in [5.41, 5.74) is 1.51.